The maximum absolute atomic E-state index is 13.0. The lowest BCUT2D eigenvalue weighted by Gasteiger charge is -2.42. The van der Waals surface area contributed by atoms with Crippen LogP contribution in [0.3, 0.4) is 0 Å². The molecule has 8 heteroatoms. The molecule has 2 aliphatic rings. The van der Waals surface area contributed by atoms with Gasteiger partial charge in [-0.2, -0.15) is 0 Å². The molecule has 30 heavy (non-hydrogen) atoms. The summed E-state index contributed by atoms with van der Waals surface area (Å²) in [6.45, 7) is 3.25. The van der Waals surface area contributed by atoms with Crippen LogP contribution in [-0.2, 0) is 22.7 Å². The number of aliphatic hydroxyl groups is 1. The quantitative estimate of drug-likeness (QED) is 0.743. The van der Waals surface area contributed by atoms with E-state index >= 15 is 0 Å². The Morgan fingerprint density at radius 3 is 2.53 bits per heavy atom. The number of ether oxygens (including phenoxy) is 2. The van der Waals surface area contributed by atoms with Crippen molar-refractivity contribution in [3.05, 3.63) is 53.7 Å². The number of aliphatic hydroxyl groups excluding tert-OH is 1. The van der Waals surface area contributed by atoms with Gasteiger partial charge in [-0.25, -0.2) is 4.39 Å². The number of piperidine rings is 1. The Hall–Kier alpha value is -2.42. The van der Waals surface area contributed by atoms with Crippen LogP contribution < -0.4 is 4.74 Å². The highest BCUT2D eigenvalue weighted by Gasteiger charge is 2.34. The summed E-state index contributed by atoms with van der Waals surface area (Å²) < 4.78 is 29.9. The zero-order valence-electron chi connectivity index (χ0n) is 16.8. The maximum Gasteiger partial charge on any atom is 0.248 e. The number of amides is 1. The van der Waals surface area contributed by atoms with Gasteiger partial charge in [-0.05, 0) is 49.2 Å². The summed E-state index contributed by atoms with van der Waals surface area (Å²) in [4.78, 5) is 16.7. The molecular formula is C22H27FN2O5. The molecule has 1 aromatic carbocycles. The van der Waals surface area contributed by atoms with Gasteiger partial charge in [-0.15, -0.1) is 0 Å². The fourth-order valence-corrected chi connectivity index (χ4v) is 4.02. The van der Waals surface area contributed by atoms with E-state index in [2.05, 4.69) is 4.90 Å². The predicted molar refractivity (Wildman–Crippen MR) is 106 cm³/mol. The van der Waals surface area contributed by atoms with Gasteiger partial charge in [0.2, 0.25) is 5.91 Å². The average Bonchev–Trinajstić information content (AvgIpc) is 3.22. The Bertz CT molecular complexity index is 832. The van der Waals surface area contributed by atoms with Crippen molar-refractivity contribution in [2.45, 2.75) is 38.1 Å². The number of halogens is 1. The van der Waals surface area contributed by atoms with Crippen molar-refractivity contribution in [2.24, 2.45) is 0 Å². The Kier molecular flexibility index (Phi) is 6.66. The first-order chi connectivity index (χ1) is 14.6. The van der Waals surface area contributed by atoms with Crippen LogP contribution in [0.15, 0.2) is 40.8 Å². The zero-order valence-corrected chi connectivity index (χ0v) is 16.8. The molecule has 0 bridgehead atoms. The highest BCUT2D eigenvalue weighted by Crippen LogP contribution is 2.22. The van der Waals surface area contributed by atoms with Gasteiger partial charge < -0.3 is 23.9 Å². The third kappa shape index (κ3) is 5.19. The Balaban J connectivity index is 1.25. The minimum absolute atomic E-state index is 0.0186. The van der Waals surface area contributed by atoms with Crippen molar-refractivity contribution in [3.8, 4) is 5.75 Å². The summed E-state index contributed by atoms with van der Waals surface area (Å²) >= 11 is 0. The summed E-state index contributed by atoms with van der Waals surface area (Å²) in [5.41, 5.74) is 0. The molecule has 4 rings (SSSR count). The van der Waals surface area contributed by atoms with Crippen LogP contribution in [0.2, 0.25) is 0 Å². The normalized spacial score (nSPS) is 21.2. The molecule has 0 saturated carbocycles. The fraction of sp³-hybridized carbons (Fsp3) is 0.500. The number of furan rings is 1. The Morgan fingerprint density at radius 1 is 1.10 bits per heavy atom. The van der Waals surface area contributed by atoms with Crippen LogP contribution in [-0.4, -0.2) is 65.8 Å². The SMILES string of the molecule is O=C1CO[C@@H](COc2ccc(F)cc2)CN1C1CCN(Cc2ccc(CO)o2)CC1. The van der Waals surface area contributed by atoms with E-state index in [1.807, 2.05) is 11.0 Å². The van der Waals surface area contributed by atoms with Gasteiger partial charge in [0.25, 0.3) is 0 Å². The van der Waals surface area contributed by atoms with Crippen LogP contribution in [0.4, 0.5) is 4.39 Å². The van der Waals surface area contributed by atoms with E-state index in [1.165, 1.54) is 12.1 Å². The summed E-state index contributed by atoms with van der Waals surface area (Å²) in [5, 5.41) is 9.12. The van der Waals surface area contributed by atoms with E-state index < -0.39 is 0 Å². The van der Waals surface area contributed by atoms with Crippen LogP contribution in [0.25, 0.3) is 0 Å². The molecule has 2 aromatic rings. The largest absolute Gasteiger partial charge is 0.491 e. The maximum atomic E-state index is 13.0. The first-order valence-corrected chi connectivity index (χ1v) is 10.3. The number of hydrogen-bond acceptors (Lipinski definition) is 6. The summed E-state index contributed by atoms with van der Waals surface area (Å²) in [6.07, 6.45) is 1.58. The number of nitrogens with zero attached hydrogens (tertiary/aromatic N) is 2. The first kappa shape index (κ1) is 20.8. The lowest BCUT2D eigenvalue weighted by molar-refractivity contribution is -0.155. The van der Waals surface area contributed by atoms with Crippen LogP contribution in [0.5, 0.6) is 5.75 Å². The number of rotatable bonds is 7. The monoisotopic (exact) mass is 418 g/mol. The molecule has 2 aliphatic heterocycles. The van der Waals surface area contributed by atoms with Crippen LogP contribution in [0.1, 0.15) is 24.4 Å². The average molecular weight is 418 g/mol. The molecule has 162 valence electrons. The van der Waals surface area contributed by atoms with Crippen molar-refractivity contribution < 1.29 is 28.2 Å². The number of hydrogen-bond donors (Lipinski definition) is 1. The van der Waals surface area contributed by atoms with E-state index in [4.69, 9.17) is 19.0 Å². The van der Waals surface area contributed by atoms with E-state index in [1.54, 1.807) is 18.2 Å². The van der Waals surface area contributed by atoms with Gasteiger partial charge in [0.15, 0.2) is 0 Å². The minimum Gasteiger partial charge on any atom is -0.491 e. The van der Waals surface area contributed by atoms with E-state index in [-0.39, 0.29) is 37.1 Å². The predicted octanol–water partition coefficient (Wildman–Crippen LogP) is 2.18. The summed E-state index contributed by atoms with van der Waals surface area (Å²) in [5.74, 6) is 1.72. The van der Waals surface area contributed by atoms with Crippen molar-refractivity contribution in [2.75, 3.05) is 32.8 Å². The second-order valence-corrected chi connectivity index (χ2v) is 7.78. The molecule has 7 nitrogen and oxygen atoms in total. The lowest BCUT2D eigenvalue weighted by Crippen LogP contribution is -2.55. The molecule has 3 heterocycles. The molecule has 1 atom stereocenters. The van der Waals surface area contributed by atoms with E-state index in [9.17, 15) is 9.18 Å². The number of morpholine rings is 1. The Labute approximate surface area is 175 Å². The molecule has 0 unspecified atom stereocenters. The first-order valence-electron chi connectivity index (χ1n) is 10.3. The molecule has 1 N–H and O–H groups in total. The van der Waals surface area contributed by atoms with Crippen molar-refractivity contribution in [1.29, 1.82) is 0 Å². The second-order valence-electron chi connectivity index (χ2n) is 7.78. The summed E-state index contributed by atoms with van der Waals surface area (Å²) in [6, 6.07) is 9.76. The molecule has 2 fully saturated rings. The van der Waals surface area contributed by atoms with Crippen molar-refractivity contribution in [3.63, 3.8) is 0 Å². The van der Waals surface area contributed by atoms with Gasteiger partial charge in [-0.3, -0.25) is 9.69 Å². The highest BCUT2D eigenvalue weighted by atomic mass is 19.1. The zero-order chi connectivity index (χ0) is 20.9. The van der Waals surface area contributed by atoms with Crippen molar-refractivity contribution >= 4 is 5.91 Å². The summed E-state index contributed by atoms with van der Waals surface area (Å²) in [7, 11) is 0. The van der Waals surface area contributed by atoms with Crippen molar-refractivity contribution in [1.82, 2.24) is 9.80 Å². The molecular weight excluding hydrogens is 391 g/mol. The molecule has 1 aromatic heterocycles. The fourth-order valence-electron chi connectivity index (χ4n) is 4.02. The van der Waals surface area contributed by atoms with Gasteiger partial charge >= 0.3 is 0 Å². The Morgan fingerprint density at radius 2 is 1.83 bits per heavy atom. The number of likely N-dealkylation sites (tertiary alicyclic amines) is 1. The number of benzene rings is 1. The number of carbonyl (C=O) groups is 1. The van der Waals surface area contributed by atoms with Gasteiger partial charge in [0, 0.05) is 19.1 Å². The van der Waals surface area contributed by atoms with E-state index in [0.29, 0.717) is 31.2 Å². The topological polar surface area (TPSA) is 75.4 Å². The molecule has 1 amide bonds. The second kappa shape index (κ2) is 9.59. The molecule has 0 spiro atoms. The van der Waals surface area contributed by atoms with Gasteiger partial charge in [0.1, 0.15) is 49.0 Å². The van der Waals surface area contributed by atoms with Gasteiger partial charge in [0.05, 0.1) is 13.1 Å². The number of carbonyl (C=O) groups excluding carboxylic acids is 1. The standard InChI is InChI=1S/C22H27FN2O5/c23-16-1-3-18(4-2-16)28-14-21-12-25(22(27)15-29-21)17-7-9-24(10-8-17)11-19-5-6-20(13-26)30-19/h1-6,17,21,26H,7-15H2/t21-/m1/s1. The molecule has 0 aliphatic carbocycles. The van der Waals surface area contributed by atoms with Crippen LogP contribution >= 0.6 is 0 Å². The van der Waals surface area contributed by atoms with Gasteiger partial charge in [-0.1, -0.05) is 0 Å². The van der Waals surface area contributed by atoms with Crippen LogP contribution in [0, 0.1) is 5.82 Å². The minimum atomic E-state index is -0.305. The third-order valence-electron chi connectivity index (χ3n) is 5.66. The molecule has 2 saturated heterocycles. The van der Waals surface area contributed by atoms with E-state index in [0.717, 1.165) is 31.7 Å². The third-order valence-corrected chi connectivity index (χ3v) is 5.66. The lowest BCUT2D eigenvalue weighted by atomic mass is 10.0. The molecule has 0 radical (unpaired) electrons. The highest BCUT2D eigenvalue weighted by molar-refractivity contribution is 5.78. The smallest absolute Gasteiger partial charge is 0.248 e.